The topological polar surface area (TPSA) is 47.1 Å². The Balaban J connectivity index is 2.09. The van der Waals surface area contributed by atoms with Crippen LogP contribution < -0.4 is 5.73 Å². The lowest BCUT2D eigenvalue weighted by molar-refractivity contribution is 0.292. The van der Waals surface area contributed by atoms with E-state index in [9.17, 15) is 0 Å². The molecule has 1 aromatic carbocycles. The number of halogens is 1. The first-order valence-electron chi connectivity index (χ1n) is 6.79. The quantitative estimate of drug-likeness (QED) is 0.794. The molecule has 0 amide bonds. The highest BCUT2D eigenvalue weighted by Gasteiger charge is 2.08. The van der Waals surface area contributed by atoms with E-state index in [2.05, 4.69) is 64.6 Å². The van der Waals surface area contributed by atoms with Gasteiger partial charge in [-0.15, -0.1) is 0 Å². The molecule has 0 spiro atoms. The van der Waals surface area contributed by atoms with Crippen molar-refractivity contribution in [2.24, 2.45) is 0 Å². The first kappa shape index (κ1) is 14.6. The molecule has 104 valence electrons. The van der Waals surface area contributed by atoms with Crippen LogP contribution in [0.5, 0.6) is 0 Å². The molecule has 2 aromatic rings. The summed E-state index contributed by atoms with van der Waals surface area (Å²) < 4.78 is 3.23. The number of benzene rings is 1. The average molecular weight is 372 g/mol. The fourth-order valence-electron chi connectivity index (χ4n) is 2.33. The van der Waals surface area contributed by atoms with Gasteiger partial charge in [0.1, 0.15) is 0 Å². The van der Waals surface area contributed by atoms with Gasteiger partial charge in [-0.2, -0.15) is 5.10 Å². The Hall–Kier alpha value is -0.820. The largest absolute Gasteiger partial charge is 0.382 e. The van der Waals surface area contributed by atoms with Crippen molar-refractivity contribution in [1.82, 2.24) is 14.7 Å². The molecule has 0 atom stereocenters. The summed E-state index contributed by atoms with van der Waals surface area (Å²) in [6, 6.07) is 6.31. The number of fused-ring (bicyclic) bond motifs is 1. The van der Waals surface area contributed by atoms with Crippen LogP contribution in [-0.2, 0) is 6.54 Å². The number of nitrogens with two attached hydrogens (primary N) is 1. The molecule has 19 heavy (non-hydrogen) atoms. The van der Waals surface area contributed by atoms with E-state index < -0.39 is 0 Å². The number of anilines is 1. The zero-order chi connectivity index (χ0) is 13.8. The summed E-state index contributed by atoms with van der Waals surface area (Å²) in [7, 11) is 0. The van der Waals surface area contributed by atoms with Gasteiger partial charge in [0.2, 0.25) is 0 Å². The van der Waals surface area contributed by atoms with E-state index in [0.717, 1.165) is 43.5 Å². The zero-order valence-corrected chi connectivity index (χ0v) is 13.7. The van der Waals surface area contributed by atoms with Gasteiger partial charge in [0.05, 0.1) is 5.52 Å². The summed E-state index contributed by atoms with van der Waals surface area (Å²) in [6.45, 7) is 8.65. The molecular formula is C14H21IN4. The first-order valence-corrected chi connectivity index (χ1v) is 7.87. The van der Waals surface area contributed by atoms with Crippen LogP contribution in [0.4, 0.5) is 5.82 Å². The summed E-state index contributed by atoms with van der Waals surface area (Å²) in [4.78, 5) is 2.43. The molecule has 5 heteroatoms. The molecule has 0 aliphatic heterocycles. The second-order valence-electron chi connectivity index (χ2n) is 4.65. The summed E-state index contributed by atoms with van der Waals surface area (Å²) in [6.07, 6.45) is 1.10. The lowest BCUT2D eigenvalue weighted by Crippen LogP contribution is -2.25. The number of hydrogen-bond donors (Lipinski definition) is 1. The second-order valence-corrected chi connectivity index (χ2v) is 5.90. The Labute approximate surface area is 128 Å². The molecule has 0 radical (unpaired) electrons. The Kier molecular flexibility index (Phi) is 5.04. The van der Waals surface area contributed by atoms with Gasteiger partial charge >= 0.3 is 0 Å². The summed E-state index contributed by atoms with van der Waals surface area (Å²) in [5.74, 6) is 0.636. The SMILES string of the molecule is CCN(CC)CCCn1nc(N)c2cc(I)ccc21. The van der Waals surface area contributed by atoms with E-state index in [0.29, 0.717) is 5.82 Å². The van der Waals surface area contributed by atoms with Crippen molar-refractivity contribution in [3.8, 4) is 0 Å². The molecule has 1 aromatic heterocycles. The van der Waals surface area contributed by atoms with Gasteiger partial charge in [-0.3, -0.25) is 4.68 Å². The molecule has 2 N–H and O–H groups in total. The van der Waals surface area contributed by atoms with Gasteiger partial charge in [-0.05, 0) is 66.8 Å². The summed E-state index contributed by atoms with van der Waals surface area (Å²) in [5.41, 5.74) is 7.12. The van der Waals surface area contributed by atoms with Gasteiger partial charge in [0.25, 0.3) is 0 Å². The van der Waals surface area contributed by atoms with Crippen molar-refractivity contribution in [1.29, 1.82) is 0 Å². The minimum Gasteiger partial charge on any atom is -0.382 e. The Bertz CT molecular complexity index is 546. The van der Waals surface area contributed by atoms with Gasteiger partial charge in [-0.25, -0.2) is 0 Å². The molecule has 0 aliphatic carbocycles. The van der Waals surface area contributed by atoms with E-state index in [-0.39, 0.29) is 0 Å². The maximum atomic E-state index is 5.98. The second kappa shape index (κ2) is 6.56. The van der Waals surface area contributed by atoms with E-state index in [1.807, 2.05) is 4.68 Å². The van der Waals surface area contributed by atoms with Crippen LogP contribution in [0.1, 0.15) is 20.3 Å². The third kappa shape index (κ3) is 3.39. The molecule has 0 bridgehead atoms. The Morgan fingerprint density at radius 1 is 1.32 bits per heavy atom. The van der Waals surface area contributed by atoms with Crippen molar-refractivity contribution in [2.45, 2.75) is 26.8 Å². The Morgan fingerprint density at radius 3 is 2.74 bits per heavy atom. The van der Waals surface area contributed by atoms with E-state index >= 15 is 0 Å². The number of rotatable bonds is 6. The zero-order valence-electron chi connectivity index (χ0n) is 11.6. The van der Waals surface area contributed by atoms with Crippen LogP contribution >= 0.6 is 22.6 Å². The summed E-state index contributed by atoms with van der Waals surface area (Å²) in [5, 5.41) is 5.52. The minimum absolute atomic E-state index is 0.636. The fourth-order valence-corrected chi connectivity index (χ4v) is 2.82. The lowest BCUT2D eigenvalue weighted by atomic mass is 10.2. The van der Waals surface area contributed by atoms with E-state index in [1.165, 1.54) is 3.57 Å². The lowest BCUT2D eigenvalue weighted by Gasteiger charge is -2.17. The van der Waals surface area contributed by atoms with Crippen molar-refractivity contribution in [3.05, 3.63) is 21.8 Å². The molecule has 2 rings (SSSR count). The van der Waals surface area contributed by atoms with E-state index in [1.54, 1.807) is 0 Å². The molecule has 4 nitrogen and oxygen atoms in total. The Morgan fingerprint density at radius 2 is 2.05 bits per heavy atom. The van der Waals surface area contributed by atoms with Gasteiger partial charge in [-0.1, -0.05) is 13.8 Å². The van der Waals surface area contributed by atoms with E-state index in [4.69, 9.17) is 5.73 Å². The summed E-state index contributed by atoms with van der Waals surface area (Å²) >= 11 is 2.30. The number of aromatic nitrogens is 2. The van der Waals surface area contributed by atoms with Crippen LogP contribution in [0.2, 0.25) is 0 Å². The number of nitrogens with zero attached hydrogens (tertiary/aromatic N) is 3. The monoisotopic (exact) mass is 372 g/mol. The molecule has 0 unspecified atom stereocenters. The fraction of sp³-hybridized carbons (Fsp3) is 0.500. The number of nitrogen functional groups attached to an aromatic ring is 1. The van der Waals surface area contributed by atoms with Crippen molar-refractivity contribution >= 4 is 39.3 Å². The third-order valence-corrected chi connectivity index (χ3v) is 4.15. The maximum absolute atomic E-state index is 5.98. The molecule has 0 fully saturated rings. The highest BCUT2D eigenvalue weighted by Crippen LogP contribution is 2.23. The van der Waals surface area contributed by atoms with Crippen LogP contribution in [0.25, 0.3) is 10.9 Å². The van der Waals surface area contributed by atoms with Gasteiger partial charge in [0.15, 0.2) is 5.82 Å². The van der Waals surface area contributed by atoms with Crippen LogP contribution in [-0.4, -0.2) is 34.3 Å². The third-order valence-electron chi connectivity index (χ3n) is 3.48. The van der Waals surface area contributed by atoms with Crippen LogP contribution in [0, 0.1) is 3.57 Å². The molecule has 0 aliphatic rings. The molecule has 1 heterocycles. The molecule has 0 saturated heterocycles. The first-order chi connectivity index (χ1) is 9.15. The maximum Gasteiger partial charge on any atom is 0.153 e. The normalized spacial score (nSPS) is 11.6. The average Bonchev–Trinajstić information content (AvgIpc) is 2.71. The number of hydrogen-bond acceptors (Lipinski definition) is 3. The van der Waals surface area contributed by atoms with Gasteiger partial charge < -0.3 is 10.6 Å². The van der Waals surface area contributed by atoms with Crippen LogP contribution in [0.3, 0.4) is 0 Å². The van der Waals surface area contributed by atoms with Crippen molar-refractivity contribution in [3.63, 3.8) is 0 Å². The molecule has 0 saturated carbocycles. The minimum atomic E-state index is 0.636. The predicted octanol–water partition coefficient (Wildman–Crippen LogP) is 2.96. The predicted molar refractivity (Wildman–Crippen MR) is 89.3 cm³/mol. The van der Waals surface area contributed by atoms with Crippen LogP contribution in [0.15, 0.2) is 18.2 Å². The van der Waals surface area contributed by atoms with Crippen molar-refractivity contribution < 1.29 is 0 Å². The molecular weight excluding hydrogens is 351 g/mol. The van der Waals surface area contributed by atoms with Gasteiger partial charge in [0, 0.05) is 15.5 Å². The number of aryl methyl sites for hydroxylation is 1. The smallest absolute Gasteiger partial charge is 0.153 e. The highest BCUT2D eigenvalue weighted by atomic mass is 127. The highest BCUT2D eigenvalue weighted by molar-refractivity contribution is 14.1. The van der Waals surface area contributed by atoms with Crippen molar-refractivity contribution in [2.75, 3.05) is 25.4 Å². The standard InChI is InChI=1S/C14H21IN4/c1-3-18(4-2)8-5-9-19-13-7-6-11(15)10-12(13)14(16)17-19/h6-7,10H,3-5,8-9H2,1-2H3,(H2,16,17).